The van der Waals surface area contributed by atoms with Crippen molar-refractivity contribution in [1.29, 1.82) is 0 Å². The van der Waals surface area contributed by atoms with Crippen molar-refractivity contribution in [3.8, 4) is 11.5 Å². The van der Waals surface area contributed by atoms with Gasteiger partial charge in [0, 0.05) is 23.4 Å². The summed E-state index contributed by atoms with van der Waals surface area (Å²) in [6, 6.07) is 8.40. The molecule has 146 valence electrons. The molecule has 0 unspecified atom stereocenters. The number of H-pyrrole nitrogens is 1. The molecule has 2 heterocycles. The minimum Gasteiger partial charge on any atom is -0.395 e. The highest BCUT2D eigenvalue weighted by molar-refractivity contribution is 7.92. The number of halogens is 2. The van der Waals surface area contributed by atoms with Gasteiger partial charge >= 0.3 is 6.29 Å². The van der Waals surface area contributed by atoms with E-state index >= 15 is 0 Å². The fourth-order valence-corrected chi connectivity index (χ4v) is 3.19. The number of hydrogen-bond donors (Lipinski definition) is 3. The van der Waals surface area contributed by atoms with Gasteiger partial charge in [-0.15, -0.1) is 8.78 Å². The van der Waals surface area contributed by atoms with E-state index in [1.165, 1.54) is 36.4 Å². The number of nitrogens with zero attached hydrogens (tertiary/aromatic N) is 1. The van der Waals surface area contributed by atoms with Crippen LogP contribution in [-0.4, -0.2) is 36.8 Å². The van der Waals surface area contributed by atoms with Crippen molar-refractivity contribution < 1.29 is 31.5 Å². The summed E-state index contributed by atoms with van der Waals surface area (Å²) < 4.78 is 59.8. The third-order valence-corrected chi connectivity index (χ3v) is 4.27. The van der Waals surface area contributed by atoms with Gasteiger partial charge in [-0.1, -0.05) is 6.07 Å². The predicted molar refractivity (Wildman–Crippen MR) is 95.2 cm³/mol. The maximum atomic E-state index is 13.1. The van der Waals surface area contributed by atoms with Crippen LogP contribution in [0.3, 0.4) is 0 Å². The Bertz CT molecular complexity index is 1160. The van der Waals surface area contributed by atoms with Gasteiger partial charge in [0.1, 0.15) is 0 Å². The van der Waals surface area contributed by atoms with Crippen LogP contribution >= 0.6 is 0 Å². The number of hydrogen-bond acceptors (Lipinski definition) is 6. The van der Waals surface area contributed by atoms with Crippen LogP contribution in [0.2, 0.25) is 0 Å². The number of amides is 1. The second-order valence-corrected chi connectivity index (χ2v) is 7.73. The van der Waals surface area contributed by atoms with Crippen LogP contribution in [0.5, 0.6) is 11.5 Å². The normalized spacial score (nSPS) is 14.8. The van der Waals surface area contributed by atoms with Crippen LogP contribution in [-0.2, 0) is 10.0 Å². The minimum atomic E-state index is -3.73. The molecule has 1 aromatic heterocycles. The lowest BCUT2D eigenvalue weighted by Gasteiger charge is -2.06. The number of benzene rings is 2. The van der Waals surface area contributed by atoms with Gasteiger partial charge in [-0.3, -0.25) is 14.8 Å². The van der Waals surface area contributed by atoms with Gasteiger partial charge in [0.25, 0.3) is 5.91 Å². The molecular formula is C16H12F2N4O5S. The summed E-state index contributed by atoms with van der Waals surface area (Å²) >= 11 is 0. The number of sulfonamides is 1. The van der Waals surface area contributed by atoms with Crippen molar-refractivity contribution >= 4 is 38.6 Å². The second kappa shape index (κ2) is 6.05. The number of anilines is 2. The van der Waals surface area contributed by atoms with Gasteiger partial charge < -0.3 is 14.5 Å². The van der Waals surface area contributed by atoms with E-state index in [1.54, 1.807) is 0 Å². The molecule has 0 bridgehead atoms. The summed E-state index contributed by atoms with van der Waals surface area (Å²) in [6.45, 7) is 0. The molecule has 0 saturated heterocycles. The van der Waals surface area contributed by atoms with Crippen molar-refractivity contribution in [2.75, 3.05) is 16.3 Å². The van der Waals surface area contributed by atoms with Gasteiger partial charge in [-0.2, -0.15) is 0 Å². The first kappa shape index (κ1) is 18.0. The van der Waals surface area contributed by atoms with Crippen LogP contribution in [0.1, 0.15) is 10.4 Å². The molecule has 0 radical (unpaired) electrons. The molecule has 1 aliphatic heterocycles. The Hall–Kier alpha value is -3.41. The molecule has 1 amide bonds. The van der Waals surface area contributed by atoms with Gasteiger partial charge in [-0.05, 0) is 18.2 Å². The van der Waals surface area contributed by atoms with E-state index in [0.717, 1.165) is 6.26 Å². The van der Waals surface area contributed by atoms with E-state index in [0.29, 0.717) is 5.52 Å². The van der Waals surface area contributed by atoms with Crippen LogP contribution in [0.25, 0.3) is 11.0 Å². The average molecular weight is 410 g/mol. The molecule has 4 rings (SSSR count). The molecule has 0 aliphatic carbocycles. The highest BCUT2D eigenvalue weighted by atomic mass is 32.2. The number of nitrogens with one attached hydrogen (secondary N) is 3. The molecule has 9 nitrogen and oxygen atoms in total. The Morgan fingerprint density at radius 3 is 2.61 bits per heavy atom. The standard InChI is InChI=1S/C16H12F2N4O5S/c1-28(24,25)22-9-4-2-3-8(5-9)14(23)21-15-19-10-6-12-13(7-11(10)20-15)27-16(17,18)26-12/h2-7,22H,1H3,(H2,19,20,21,23). The average Bonchev–Trinajstić information content (AvgIpc) is 3.07. The molecule has 1 aliphatic rings. The first-order chi connectivity index (χ1) is 13.1. The molecule has 0 fully saturated rings. The molecule has 0 atom stereocenters. The number of carbonyl (C=O) groups is 1. The van der Waals surface area contributed by atoms with E-state index in [-0.39, 0.29) is 34.2 Å². The summed E-state index contributed by atoms with van der Waals surface area (Å²) in [5.74, 6) is -0.806. The smallest absolute Gasteiger partial charge is 0.395 e. The third kappa shape index (κ3) is 3.67. The number of aromatic nitrogens is 2. The highest BCUT2D eigenvalue weighted by Crippen LogP contribution is 2.42. The van der Waals surface area contributed by atoms with Crippen LogP contribution < -0.4 is 19.5 Å². The van der Waals surface area contributed by atoms with Gasteiger partial charge in [0.15, 0.2) is 11.5 Å². The number of aromatic amines is 1. The maximum Gasteiger partial charge on any atom is 0.586 e. The monoisotopic (exact) mass is 410 g/mol. The summed E-state index contributed by atoms with van der Waals surface area (Å²) in [6.07, 6.45) is -2.74. The zero-order valence-corrected chi connectivity index (χ0v) is 14.9. The Kier molecular flexibility index (Phi) is 3.89. The molecule has 3 N–H and O–H groups in total. The molecule has 3 aromatic rings. The summed E-state index contributed by atoms with van der Waals surface area (Å²) in [5.41, 5.74) is 1.04. The number of imidazole rings is 1. The number of ether oxygens (including phenoxy) is 2. The largest absolute Gasteiger partial charge is 0.586 e. The molecule has 28 heavy (non-hydrogen) atoms. The molecular weight excluding hydrogens is 398 g/mol. The number of fused-ring (bicyclic) bond motifs is 2. The quantitative estimate of drug-likeness (QED) is 0.608. The molecule has 12 heteroatoms. The van der Waals surface area contributed by atoms with Crippen LogP contribution in [0.4, 0.5) is 20.4 Å². The Balaban J connectivity index is 1.56. The molecule has 2 aromatic carbocycles. The summed E-state index contributed by atoms with van der Waals surface area (Å²) in [7, 11) is -3.49. The van der Waals surface area contributed by atoms with E-state index in [2.05, 4.69) is 29.5 Å². The maximum absolute atomic E-state index is 13.1. The third-order valence-electron chi connectivity index (χ3n) is 3.66. The van der Waals surface area contributed by atoms with E-state index in [1.807, 2.05) is 0 Å². The number of rotatable bonds is 4. The Labute approximate surface area is 156 Å². The van der Waals surface area contributed by atoms with E-state index in [9.17, 15) is 22.0 Å². The number of alkyl halides is 2. The van der Waals surface area contributed by atoms with Crippen molar-refractivity contribution in [3.63, 3.8) is 0 Å². The number of carbonyl (C=O) groups excluding carboxylic acids is 1. The van der Waals surface area contributed by atoms with Crippen molar-refractivity contribution in [3.05, 3.63) is 42.0 Å². The topological polar surface area (TPSA) is 122 Å². The molecule has 0 saturated carbocycles. The van der Waals surface area contributed by atoms with E-state index < -0.39 is 22.2 Å². The van der Waals surface area contributed by atoms with Gasteiger partial charge in [0.05, 0.1) is 17.3 Å². The van der Waals surface area contributed by atoms with Gasteiger partial charge in [-0.25, -0.2) is 13.4 Å². The van der Waals surface area contributed by atoms with Crippen molar-refractivity contribution in [2.24, 2.45) is 0 Å². The summed E-state index contributed by atoms with van der Waals surface area (Å²) in [4.78, 5) is 19.3. The SMILES string of the molecule is CS(=O)(=O)Nc1cccc(C(=O)Nc2nc3cc4c(cc3[nH]2)OC(F)(F)O4)c1. The second-order valence-electron chi connectivity index (χ2n) is 5.98. The van der Waals surface area contributed by atoms with Crippen LogP contribution in [0, 0.1) is 0 Å². The highest BCUT2D eigenvalue weighted by Gasteiger charge is 2.43. The molecule has 0 spiro atoms. The Morgan fingerprint density at radius 2 is 1.89 bits per heavy atom. The lowest BCUT2D eigenvalue weighted by Crippen LogP contribution is -2.25. The van der Waals surface area contributed by atoms with Crippen LogP contribution in [0.15, 0.2) is 36.4 Å². The minimum absolute atomic E-state index is 0.0666. The van der Waals surface area contributed by atoms with Gasteiger partial charge in [0.2, 0.25) is 16.0 Å². The van der Waals surface area contributed by atoms with Crippen molar-refractivity contribution in [1.82, 2.24) is 9.97 Å². The lowest BCUT2D eigenvalue weighted by molar-refractivity contribution is -0.286. The predicted octanol–water partition coefficient (Wildman–Crippen LogP) is 2.51. The van der Waals surface area contributed by atoms with E-state index in [4.69, 9.17) is 0 Å². The summed E-state index contributed by atoms with van der Waals surface area (Å²) in [5, 5.41) is 2.52. The fourth-order valence-electron chi connectivity index (χ4n) is 2.63. The fraction of sp³-hybridized carbons (Fsp3) is 0.125. The Morgan fingerprint density at radius 1 is 1.18 bits per heavy atom. The zero-order valence-electron chi connectivity index (χ0n) is 14.1. The first-order valence-electron chi connectivity index (χ1n) is 7.77. The van der Waals surface area contributed by atoms with Crippen molar-refractivity contribution in [2.45, 2.75) is 6.29 Å². The first-order valence-corrected chi connectivity index (χ1v) is 9.66. The zero-order chi connectivity index (χ0) is 20.1. The lowest BCUT2D eigenvalue weighted by atomic mass is 10.2.